The van der Waals surface area contributed by atoms with Gasteiger partial charge in [0, 0.05) is 0 Å². The van der Waals surface area contributed by atoms with Gasteiger partial charge in [-0.2, -0.15) is 8.78 Å². The van der Waals surface area contributed by atoms with E-state index in [9.17, 15) is 8.78 Å². The molecule has 0 aliphatic carbocycles. The molecule has 1 unspecified atom stereocenters. The van der Waals surface area contributed by atoms with Crippen LogP contribution in [-0.4, -0.2) is 25.5 Å². The monoisotopic (exact) mass is 372 g/mol. The molecule has 4 nitrogen and oxygen atoms in total. The highest BCUT2D eigenvalue weighted by molar-refractivity contribution is 8.03. The molecule has 0 fully saturated rings. The summed E-state index contributed by atoms with van der Waals surface area (Å²) in [6, 6.07) is 6.95. The summed E-state index contributed by atoms with van der Waals surface area (Å²) in [5.41, 5.74) is 1.03. The molecule has 0 aliphatic heterocycles. The van der Waals surface area contributed by atoms with Gasteiger partial charge in [-0.25, -0.2) is 4.98 Å². The number of nitrogens with zero attached hydrogens (tertiary/aromatic N) is 4. The van der Waals surface area contributed by atoms with Crippen molar-refractivity contribution in [2.24, 2.45) is 0 Å². The van der Waals surface area contributed by atoms with Gasteiger partial charge in [0.15, 0.2) is 8.68 Å². The van der Waals surface area contributed by atoms with Crippen molar-refractivity contribution < 1.29 is 8.78 Å². The molecule has 2 heterocycles. The second-order valence-electron chi connectivity index (χ2n) is 4.63. The van der Waals surface area contributed by atoms with E-state index >= 15 is 0 Å². The lowest BCUT2D eigenvalue weighted by Gasteiger charge is -2.12. The number of thioether (sulfide) groups is 2. The Hall–Kier alpha value is -1.19. The molecule has 0 spiro atoms. The number of imidazole rings is 1. The van der Waals surface area contributed by atoms with Gasteiger partial charge in [-0.05, 0) is 24.8 Å². The van der Waals surface area contributed by atoms with Crippen molar-refractivity contribution in [2.75, 3.05) is 5.75 Å². The molecule has 0 N–H and O–H groups in total. The predicted octanol–water partition coefficient (Wildman–Crippen LogP) is 5.25. The van der Waals surface area contributed by atoms with E-state index in [1.54, 1.807) is 36.0 Å². The third-order valence-corrected chi connectivity index (χ3v) is 6.23. The quantitative estimate of drug-likeness (QED) is 0.553. The van der Waals surface area contributed by atoms with Crippen LogP contribution in [0.1, 0.15) is 31.5 Å². The van der Waals surface area contributed by atoms with Crippen LogP contribution in [0.2, 0.25) is 0 Å². The molecule has 3 rings (SSSR count). The van der Waals surface area contributed by atoms with E-state index in [0.717, 1.165) is 19.0 Å². The Morgan fingerprint density at radius 1 is 1.22 bits per heavy atom. The molecular weight excluding hydrogens is 358 g/mol. The summed E-state index contributed by atoms with van der Waals surface area (Å²) in [5, 5.41) is 7.96. The van der Waals surface area contributed by atoms with Gasteiger partial charge in [-0.3, -0.25) is 4.57 Å². The summed E-state index contributed by atoms with van der Waals surface area (Å²) in [4.78, 5) is 4.39. The Balaban J connectivity index is 1.90. The summed E-state index contributed by atoms with van der Waals surface area (Å²) in [5.74, 6) is 1.28. The average molecular weight is 372 g/mol. The molecule has 2 aromatic heterocycles. The molecule has 0 radical (unpaired) electrons. The second-order valence-corrected chi connectivity index (χ2v) is 8.71. The minimum absolute atomic E-state index is 0.246. The standard InChI is InChI=1S/C14H14F2N4S3/c1-3-21-13-18-19-14(23-13)22-8(2)11-17-9-6-4-5-7-10(9)20(11)12(15)16/h4-8,12H,3H2,1-2H3. The number of hydrogen-bond acceptors (Lipinski definition) is 6. The lowest BCUT2D eigenvalue weighted by Crippen LogP contribution is -2.06. The molecule has 122 valence electrons. The number of hydrogen-bond donors (Lipinski definition) is 0. The number of aromatic nitrogens is 4. The summed E-state index contributed by atoms with van der Waals surface area (Å²) in [6.07, 6.45) is 0. The van der Waals surface area contributed by atoms with Crippen LogP contribution in [0, 0.1) is 0 Å². The SMILES string of the molecule is CCSc1nnc(SC(C)c2nc3ccccc3n2C(F)F)s1. The van der Waals surface area contributed by atoms with Gasteiger partial charge in [0.1, 0.15) is 5.82 Å². The van der Waals surface area contributed by atoms with E-state index in [1.165, 1.54) is 23.1 Å². The third-order valence-electron chi connectivity index (χ3n) is 3.12. The molecule has 0 saturated carbocycles. The van der Waals surface area contributed by atoms with E-state index in [4.69, 9.17) is 0 Å². The normalized spacial score (nSPS) is 13.1. The average Bonchev–Trinajstić information content (AvgIpc) is 3.11. The van der Waals surface area contributed by atoms with Crippen LogP contribution >= 0.6 is 34.9 Å². The molecular formula is C14H14F2N4S3. The highest BCUT2D eigenvalue weighted by Gasteiger charge is 2.23. The Labute approximate surface area is 144 Å². The van der Waals surface area contributed by atoms with Gasteiger partial charge in [0.05, 0.1) is 16.3 Å². The molecule has 0 saturated heterocycles. The van der Waals surface area contributed by atoms with Crippen LogP contribution in [0.25, 0.3) is 11.0 Å². The van der Waals surface area contributed by atoms with E-state index in [2.05, 4.69) is 15.2 Å². The van der Waals surface area contributed by atoms with Crippen molar-refractivity contribution in [2.45, 2.75) is 34.3 Å². The first-order valence-corrected chi connectivity index (χ1v) is 9.66. The van der Waals surface area contributed by atoms with Crippen molar-refractivity contribution in [1.29, 1.82) is 0 Å². The van der Waals surface area contributed by atoms with Crippen LogP contribution in [-0.2, 0) is 0 Å². The van der Waals surface area contributed by atoms with Crippen molar-refractivity contribution in [3.8, 4) is 0 Å². The van der Waals surface area contributed by atoms with E-state index in [-0.39, 0.29) is 5.25 Å². The van der Waals surface area contributed by atoms with Gasteiger partial charge in [0.25, 0.3) is 0 Å². The summed E-state index contributed by atoms with van der Waals surface area (Å²) >= 11 is 4.51. The van der Waals surface area contributed by atoms with Crippen molar-refractivity contribution >= 4 is 45.9 Å². The molecule has 0 bridgehead atoms. The fourth-order valence-electron chi connectivity index (χ4n) is 2.19. The third kappa shape index (κ3) is 3.51. The zero-order valence-electron chi connectivity index (χ0n) is 12.4. The number of halogens is 2. The summed E-state index contributed by atoms with van der Waals surface area (Å²) in [7, 11) is 0. The fraction of sp³-hybridized carbons (Fsp3) is 0.357. The summed E-state index contributed by atoms with van der Waals surface area (Å²) in [6.45, 7) is 1.28. The minimum atomic E-state index is -2.62. The van der Waals surface area contributed by atoms with Gasteiger partial charge in [-0.1, -0.05) is 53.9 Å². The molecule has 23 heavy (non-hydrogen) atoms. The van der Waals surface area contributed by atoms with Crippen LogP contribution in [0.15, 0.2) is 32.9 Å². The maximum atomic E-state index is 13.5. The highest BCUT2D eigenvalue weighted by Crippen LogP contribution is 2.39. The van der Waals surface area contributed by atoms with E-state index in [1.807, 2.05) is 13.8 Å². The lowest BCUT2D eigenvalue weighted by atomic mass is 10.3. The number of alkyl halides is 2. The van der Waals surface area contributed by atoms with Crippen LogP contribution < -0.4 is 0 Å². The van der Waals surface area contributed by atoms with Crippen LogP contribution in [0.3, 0.4) is 0 Å². The zero-order chi connectivity index (χ0) is 16.4. The first kappa shape index (κ1) is 16.7. The number of fused-ring (bicyclic) bond motifs is 1. The number of rotatable bonds is 6. The molecule has 9 heteroatoms. The first-order valence-electron chi connectivity index (χ1n) is 6.98. The van der Waals surface area contributed by atoms with Gasteiger partial charge in [-0.15, -0.1) is 10.2 Å². The zero-order valence-corrected chi connectivity index (χ0v) is 14.9. The largest absolute Gasteiger partial charge is 0.320 e. The maximum absolute atomic E-state index is 13.5. The van der Waals surface area contributed by atoms with Crippen LogP contribution in [0.5, 0.6) is 0 Å². The fourth-order valence-corrected chi connectivity index (χ4v) is 5.35. The Bertz CT molecular complexity index is 802. The number of benzene rings is 1. The number of para-hydroxylation sites is 2. The van der Waals surface area contributed by atoms with E-state index in [0.29, 0.717) is 16.9 Å². The lowest BCUT2D eigenvalue weighted by molar-refractivity contribution is 0.0715. The molecule has 1 aromatic carbocycles. The van der Waals surface area contributed by atoms with Gasteiger partial charge >= 0.3 is 6.55 Å². The van der Waals surface area contributed by atoms with Gasteiger partial charge in [0.2, 0.25) is 0 Å². The Morgan fingerprint density at radius 2 is 1.96 bits per heavy atom. The highest BCUT2D eigenvalue weighted by atomic mass is 32.2. The Kier molecular flexibility index (Phi) is 5.17. The molecule has 0 aliphatic rings. The summed E-state index contributed by atoms with van der Waals surface area (Å²) < 4.78 is 29.6. The van der Waals surface area contributed by atoms with Crippen molar-refractivity contribution in [3.05, 3.63) is 30.1 Å². The van der Waals surface area contributed by atoms with Crippen molar-refractivity contribution in [1.82, 2.24) is 19.7 Å². The van der Waals surface area contributed by atoms with E-state index < -0.39 is 6.55 Å². The van der Waals surface area contributed by atoms with Gasteiger partial charge < -0.3 is 0 Å². The maximum Gasteiger partial charge on any atom is 0.320 e. The first-order chi connectivity index (χ1) is 11.1. The second kappa shape index (κ2) is 7.14. The van der Waals surface area contributed by atoms with Crippen molar-refractivity contribution in [3.63, 3.8) is 0 Å². The van der Waals surface area contributed by atoms with Crippen LogP contribution in [0.4, 0.5) is 8.78 Å². The molecule has 3 aromatic rings. The predicted molar refractivity (Wildman–Crippen MR) is 91.6 cm³/mol. The molecule has 1 atom stereocenters. The minimum Gasteiger partial charge on any atom is -0.269 e. The topological polar surface area (TPSA) is 43.6 Å². The Morgan fingerprint density at radius 3 is 2.70 bits per heavy atom. The smallest absolute Gasteiger partial charge is 0.269 e. The molecule has 0 amide bonds.